The number of ether oxygens (including phenoxy) is 2. The average Bonchev–Trinajstić information content (AvgIpc) is 2.87. The van der Waals surface area contributed by atoms with E-state index in [1.54, 1.807) is 12.1 Å². The first-order valence-electron chi connectivity index (χ1n) is 11.8. The summed E-state index contributed by atoms with van der Waals surface area (Å²) >= 11 is 0. The summed E-state index contributed by atoms with van der Waals surface area (Å²) in [4.78, 5) is 15.7. The second-order valence-corrected chi connectivity index (χ2v) is 10.3. The number of hydrogen-bond acceptors (Lipinski definition) is 6. The van der Waals surface area contributed by atoms with E-state index in [9.17, 15) is 13.2 Å². The molecule has 0 bridgehead atoms. The first kappa shape index (κ1) is 28.2. The maximum atomic E-state index is 13.0. The zero-order valence-electron chi connectivity index (χ0n) is 20.4. The van der Waals surface area contributed by atoms with Gasteiger partial charge < -0.3 is 9.47 Å². The number of rotatable bonds is 16. The number of sulfonamides is 1. The van der Waals surface area contributed by atoms with Crippen molar-refractivity contribution in [3.8, 4) is 5.75 Å². The predicted molar refractivity (Wildman–Crippen MR) is 135 cm³/mol. The second kappa shape index (κ2) is 15.0. The molecule has 190 valence electrons. The minimum atomic E-state index is -3.62. The third kappa shape index (κ3) is 9.98. The van der Waals surface area contributed by atoms with Gasteiger partial charge in [-0.2, -0.15) is 4.31 Å². The highest BCUT2D eigenvalue weighted by Gasteiger charge is 2.32. The Morgan fingerprint density at radius 2 is 1.77 bits per heavy atom. The van der Waals surface area contributed by atoms with Gasteiger partial charge in [0.05, 0.1) is 12.4 Å². The first-order valence-corrected chi connectivity index (χ1v) is 13.4. The van der Waals surface area contributed by atoms with Crippen LogP contribution in [0, 0.1) is 0 Å². The van der Waals surface area contributed by atoms with Crippen LogP contribution in [0.15, 0.2) is 59.7 Å². The minimum Gasteiger partial charge on any atom is -0.494 e. The van der Waals surface area contributed by atoms with Crippen LogP contribution >= 0.6 is 0 Å². The molecule has 0 aliphatic rings. The van der Waals surface area contributed by atoms with Crippen molar-refractivity contribution in [1.82, 2.24) is 4.31 Å². The van der Waals surface area contributed by atoms with Gasteiger partial charge >= 0.3 is 5.97 Å². The molecule has 0 aromatic heterocycles. The maximum Gasteiger partial charge on any atom is 0.325 e. The fourth-order valence-electron chi connectivity index (χ4n) is 3.31. The van der Waals surface area contributed by atoms with Crippen LogP contribution in [0.3, 0.4) is 0 Å². The molecule has 0 saturated heterocycles. The SMILES string of the molecule is CCCCS(=O)(=O)N(C)[C@@H](Cc1ccc(OCCCCN=[N+]=[N-])cc1)C(=O)OCc1ccccc1. The monoisotopic (exact) mass is 502 g/mol. The van der Waals surface area contributed by atoms with Gasteiger partial charge in [-0.15, -0.1) is 0 Å². The van der Waals surface area contributed by atoms with Crippen molar-refractivity contribution >= 4 is 16.0 Å². The van der Waals surface area contributed by atoms with Gasteiger partial charge in [0, 0.05) is 18.5 Å². The summed E-state index contributed by atoms with van der Waals surface area (Å²) < 4.78 is 38.0. The summed E-state index contributed by atoms with van der Waals surface area (Å²) in [5, 5.41) is 3.49. The number of likely N-dealkylation sites (N-methyl/N-ethyl adjacent to an activating group) is 1. The molecule has 35 heavy (non-hydrogen) atoms. The van der Waals surface area contributed by atoms with Crippen LogP contribution < -0.4 is 4.74 Å². The van der Waals surface area contributed by atoms with E-state index >= 15 is 0 Å². The van der Waals surface area contributed by atoms with Gasteiger partial charge in [0.25, 0.3) is 0 Å². The molecule has 0 fully saturated rings. The zero-order valence-corrected chi connectivity index (χ0v) is 21.2. The van der Waals surface area contributed by atoms with E-state index in [-0.39, 0.29) is 18.8 Å². The van der Waals surface area contributed by atoms with Gasteiger partial charge in [-0.05, 0) is 54.5 Å². The highest BCUT2D eigenvalue weighted by atomic mass is 32.2. The Labute approximate surface area is 207 Å². The van der Waals surface area contributed by atoms with Crippen LogP contribution in [-0.4, -0.2) is 50.7 Å². The van der Waals surface area contributed by atoms with Crippen LogP contribution in [0.5, 0.6) is 5.75 Å². The topological polar surface area (TPSA) is 122 Å². The van der Waals surface area contributed by atoms with E-state index in [2.05, 4.69) is 10.0 Å². The molecule has 10 heteroatoms. The first-order chi connectivity index (χ1) is 16.9. The van der Waals surface area contributed by atoms with Crippen molar-refractivity contribution in [3.63, 3.8) is 0 Å². The Morgan fingerprint density at radius 3 is 2.43 bits per heavy atom. The van der Waals surface area contributed by atoms with Gasteiger partial charge in [-0.25, -0.2) is 8.42 Å². The Balaban J connectivity index is 2.06. The molecule has 2 rings (SSSR count). The Bertz CT molecular complexity index is 1060. The second-order valence-electron chi connectivity index (χ2n) is 8.15. The molecule has 0 aliphatic heterocycles. The lowest BCUT2D eigenvalue weighted by Gasteiger charge is -2.26. The van der Waals surface area contributed by atoms with Crippen molar-refractivity contribution in [2.24, 2.45) is 5.11 Å². The van der Waals surface area contributed by atoms with Crippen LogP contribution in [0.2, 0.25) is 0 Å². The van der Waals surface area contributed by atoms with Gasteiger partial charge in [0.15, 0.2) is 0 Å². The number of hydrogen-bond donors (Lipinski definition) is 0. The lowest BCUT2D eigenvalue weighted by atomic mass is 10.1. The van der Waals surface area contributed by atoms with Crippen LogP contribution in [0.1, 0.15) is 43.7 Å². The number of unbranched alkanes of at least 4 members (excludes halogenated alkanes) is 2. The number of carbonyl (C=O) groups excluding carboxylic acids is 1. The van der Waals surface area contributed by atoms with Gasteiger partial charge in [0.2, 0.25) is 10.0 Å². The molecule has 0 saturated carbocycles. The van der Waals surface area contributed by atoms with Crippen LogP contribution in [-0.2, 0) is 32.6 Å². The number of carbonyl (C=O) groups is 1. The van der Waals surface area contributed by atoms with Gasteiger partial charge in [0.1, 0.15) is 18.4 Å². The highest BCUT2D eigenvalue weighted by molar-refractivity contribution is 7.89. The minimum absolute atomic E-state index is 0.0189. The quantitative estimate of drug-likeness (QED) is 0.107. The summed E-state index contributed by atoms with van der Waals surface area (Å²) in [6.45, 7) is 2.93. The zero-order chi connectivity index (χ0) is 25.5. The number of nitrogens with zero attached hydrogens (tertiary/aromatic N) is 4. The summed E-state index contributed by atoms with van der Waals surface area (Å²) in [5.41, 5.74) is 9.91. The molecule has 0 unspecified atom stereocenters. The average molecular weight is 503 g/mol. The smallest absolute Gasteiger partial charge is 0.325 e. The van der Waals surface area contributed by atoms with E-state index in [4.69, 9.17) is 15.0 Å². The number of esters is 1. The Kier molecular flexibility index (Phi) is 12.1. The number of azide groups is 1. The summed E-state index contributed by atoms with van der Waals surface area (Å²) in [5.74, 6) is 0.0657. The third-order valence-corrected chi connectivity index (χ3v) is 7.40. The molecule has 0 spiro atoms. The largest absolute Gasteiger partial charge is 0.494 e. The van der Waals surface area contributed by atoms with E-state index < -0.39 is 22.0 Å². The van der Waals surface area contributed by atoms with Crippen molar-refractivity contribution in [2.45, 2.75) is 51.7 Å². The van der Waals surface area contributed by atoms with E-state index in [1.807, 2.05) is 49.4 Å². The molecule has 0 radical (unpaired) electrons. The van der Waals surface area contributed by atoms with E-state index in [1.165, 1.54) is 7.05 Å². The fourth-order valence-corrected chi connectivity index (χ4v) is 4.80. The molecule has 2 aromatic carbocycles. The maximum absolute atomic E-state index is 13.0. The van der Waals surface area contributed by atoms with E-state index in [0.29, 0.717) is 25.3 Å². The van der Waals surface area contributed by atoms with Crippen LogP contribution in [0.25, 0.3) is 10.4 Å². The fraction of sp³-hybridized carbons (Fsp3) is 0.480. The van der Waals surface area contributed by atoms with Gasteiger partial charge in [-0.1, -0.05) is 60.9 Å². The highest BCUT2D eigenvalue weighted by Crippen LogP contribution is 2.19. The lowest BCUT2D eigenvalue weighted by molar-refractivity contribution is -0.149. The molecule has 1 atom stereocenters. The third-order valence-electron chi connectivity index (χ3n) is 5.47. The lowest BCUT2D eigenvalue weighted by Crippen LogP contribution is -2.45. The Morgan fingerprint density at radius 1 is 1.06 bits per heavy atom. The van der Waals surface area contributed by atoms with Crippen molar-refractivity contribution in [3.05, 3.63) is 76.2 Å². The van der Waals surface area contributed by atoms with E-state index in [0.717, 1.165) is 34.7 Å². The van der Waals surface area contributed by atoms with Crippen molar-refractivity contribution in [2.75, 3.05) is 26.0 Å². The summed E-state index contributed by atoms with van der Waals surface area (Å²) in [6, 6.07) is 15.5. The standard InChI is InChI=1S/C25H34N4O5S/c1-3-4-18-35(31,32)29(2)24(25(30)34-20-22-10-6-5-7-11-22)19-21-12-14-23(15-13-21)33-17-9-8-16-27-28-26/h5-7,10-15,24H,3-4,8-9,16-20H2,1-2H3/t24-/m0/s1. The van der Waals surface area contributed by atoms with Crippen LogP contribution in [0.4, 0.5) is 0 Å². The van der Waals surface area contributed by atoms with Crippen molar-refractivity contribution in [1.29, 1.82) is 0 Å². The summed E-state index contributed by atoms with van der Waals surface area (Å²) in [7, 11) is -2.18. The molecule has 0 heterocycles. The molecule has 0 N–H and O–H groups in total. The molecular formula is C25H34N4O5S. The van der Waals surface area contributed by atoms with Gasteiger partial charge in [-0.3, -0.25) is 4.79 Å². The van der Waals surface area contributed by atoms with Crippen molar-refractivity contribution < 1.29 is 22.7 Å². The number of benzene rings is 2. The predicted octanol–water partition coefficient (Wildman–Crippen LogP) is 4.87. The summed E-state index contributed by atoms with van der Waals surface area (Å²) in [6.07, 6.45) is 2.95. The molecule has 0 aliphatic carbocycles. The molecular weight excluding hydrogens is 468 g/mol. The Hall–Kier alpha value is -3.07. The molecule has 0 amide bonds. The normalized spacial score (nSPS) is 12.1. The molecule has 9 nitrogen and oxygen atoms in total. The molecule has 2 aromatic rings.